The van der Waals surface area contributed by atoms with Crippen molar-refractivity contribution in [1.29, 1.82) is 0 Å². The summed E-state index contributed by atoms with van der Waals surface area (Å²) in [6.07, 6.45) is 4.43. The third-order valence-corrected chi connectivity index (χ3v) is 2.87. The number of rotatable bonds is 2. The van der Waals surface area contributed by atoms with Gasteiger partial charge in [-0.3, -0.25) is 0 Å². The van der Waals surface area contributed by atoms with Gasteiger partial charge in [-0.1, -0.05) is 0 Å². The lowest BCUT2D eigenvalue weighted by molar-refractivity contribution is -0.111. The molecule has 1 saturated carbocycles. The molecule has 1 saturated heterocycles. The average molecular weight is 139 g/mol. The molecule has 0 amide bonds. The largest absolute Gasteiger partial charge is 0.316 e. The summed E-state index contributed by atoms with van der Waals surface area (Å²) in [6.45, 7) is 2.39. The molecule has 1 aliphatic heterocycles. The lowest BCUT2D eigenvalue weighted by Gasteiger charge is -2.54. The van der Waals surface area contributed by atoms with Gasteiger partial charge in [-0.05, 0) is 24.2 Å². The predicted molar refractivity (Wildman–Crippen MR) is 38.7 cm³/mol. The molecule has 0 unspecified atom stereocenters. The van der Waals surface area contributed by atoms with Crippen molar-refractivity contribution in [3.63, 3.8) is 0 Å². The van der Waals surface area contributed by atoms with Gasteiger partial charge >= 0.3 is 0 Å². The standard InChI is InChI=1S/C8H13NO/c10-2-1-7-3-8(4-7)5-9-6-8/h2,7,9H,1,3-6H2. The van der Waals surface area contributed by atoms with Crippen LogP contribution in [-0.4, -0.2) is 19.4 Å². The molecule has 2 aliphatic rings. The fourth-order valence-electron chi connectivity index (χ4n) is 2.23. The van der Waals surface area contributed by atoms with Gasteiger partial charge in [0.15, 0.2) is 0 Å². The van der Waals surface area contributed by atoms with E-state index in [2.05, 4.69) is 5.32 Å². The highest BCUT2D eigenvalue weighted by molar-refractivity contribution is 5.50. The summed E-state index contributed by atoms with van der Waals surface area (Å²) in [5.74, 6) is 0.722. The smallest absolute Gasteiger partial charge is 0.120 e. The van der Waals surface area contributed by atoms with Crippen molar-refractivity contribution in [2.45, 2.75) is 19.3 Å². The van der Waals surface area contributed by atoms with E-state index in [1.807, 2.05) is 0 Å². The summed E-state index contributed by atoms with van der Waals surface area (Å²) < 4.78 is 0. The van der Waals surface area contributed by atoms with Crippen LogP contribution in [0.2, 0.25) is 0 Å². The Balaban J connectivity index is 1.77. The third kappa shape index (κ3) is 0.788. The molecule has 56 valence electrons. The first-order valence-corrected chi connectivity index (χ1v) is 3.99. The van der Waals surface area contributed by atoms with Gasteiger partial charge in [-0.15, -0.1) is 0 Å². The Hall–Kier alpha value is -0.370. The Morgan fingerprint density at radius 1 is 1.50 bits per heavy atom. The van der Waals surface area contributed by atoms with Crippen molar-refractivity contribution in [3.05, 3.63) is 0 Å². The maximum Gasteiger partial charge on any atom is 0.120 e. The van der Waals surface area contributed by atoms with Crippen LogP contribution in [-0.2, 0) is 4.79 Å². The second kappa shape index (κ2) is 2.06. The monoisotopic (exact) mass is 139 g/mol. The van der Waals surface area contributed by atoms with Crippen molar-refractivity contribution >= 4 is 6.29 Å². The number of nitrogens with one attached hydrogen (secondary N) is 1. The van der Waals surface area contributed by atoms with Crippen LogP contribution >= 0.6 is 0 Å². The number of carbonyl (C=O) groups excluding carboxylic acids is 1. The van der Waals surface area contributed by atoms with Crippen molar-refractivity contribution in [3.8, 4) is 0 Å². The van der Waals surface area contributed by atoms with Crippen molar-refractivity contribution in [1.82, 2.24) is 5.32 Å². The first-order chi connectivity index (χ1) is 4.85. The van der Waals surface area contributed by atoms with Crippen LogP contribution in [0.5, 0.6) is 0 Å². The van der Waals surface area contributed by atoms with E-state index in [0.29, 0.717) is 5.41 Å². The van der Waals surface area contributed by atoms with Gasteiger partial charge in [0.1, 0.15) is 6.29 Å². The van der Waals surface area contributed by atoms with Crippen LogP contribution in [0.4, 0.5) is 0 Å². The molecular formula is C8H13NO. The fourth-order valence-corrected chi connectivity index (χ4v) is 2.23. The zero-order chi connectivity index (χ0) is 7.03. The molecule has 0 bridgehead atoms. The van der Waals surface area contributed by atoms with Gasteiger partial charge in [0.25, 0.3) is 0 Å². The first-order valence-electron chi connectivity index (χ1n) is 3.99. The van der Waals surface area contributed by atoms with Gasteiger partial charge < -0.3 is 10.1 Å². The molecule has 1 heterocycles. The van der Waals surface area contributed by atoms with E-state index < -0.39 is 0 Å². The quantitative estimate of drug-likeness (QED) is 0.567. The molecule has 0 atom stereocenters. The molecule has 1 aliphatic carbocycles. The molecule has 0 aromatic carbocycles. The van der Waals surface area contributed by atoms with E-state index in [4.69, 9.17) is 0 Å². The summed E-state index contributed by atoms with van der Waals surface area (Å²) in [5, 5.41) is 3.28. The molecule has 2 fully saturated rings. The summed E-state index contributed by atoms with van der Waals surface area (Å²) in [4.78, 5) is 10.1. The Bertz CT molecular complexity index is 143. The van der Waals surface area contributed by atoms with Crippen LogP contribution in [0, 0.1) is 11.3 Å². The molecule has 2 heteroatoms. The van der Waals surface area contributed by atoms with Gasteiger partial charge in [0.2, 0.25) is 0 Å². The number of carbonyl (C=O) groups is 1. The number of aldehydes is 1. The lowest BCUT2D eigenvalue weighted by atomic mass is 9.58. The second-order valence-electron chi connectivity index (χ2n) is 3.78. The van der Waals surface area contributed by atoms with E-state index in [9.17, 15) is 4.79 Å². The SMILES string of the molecule is O=CCC1CC2(CNC2)C1. The molecule has 2 rings (SSSR count). The molecule has 0 radical (unpaired) electrons. The van der Waals surface area contributed by atoms with Crippen molar-refractivity contribution in [2.75, 3.05) is 13.1 Å². The molecule has 1 N–H and O–H groups in total. The Morgan fingerprint density at radius 2 is 2.20 bits per heavy atom. The summed E-state index contributed by atoms with van der Waals surface area (Å²) in [6, 6.07) is 0. The highest BCUT2D eigenvalue weighted by Crippen LogP contribution is 2.49. The Kier molecular flexibility index (Phi) is 1.31. The van der Waals surface area contributed by atoms with Gasteiger partial charge in [-0.25, -0.2) is 0 Å². The molecular weight excluding hydrogens is 126 g/mol. The first kappa shape index (κ1) is 6.35. The van der Waals surface area contributed by atoms with Crippen molar-refractivity contribution < 1.29 is 4.79 Å². The predicted octanol–water partition coefficient (Wildman–Crippen LogP) is 0.575. The molecule has 2 nitrogen and oxygen atoms in total. The lowest BCUT2D eigenvalue weighted by Crippen LogP contribution is -2.60. The minimum Gasteiger partial charge on any atom is -0.316 e. The topological polar surface area (TPSA) is 29.1 Å². The maximum absolute atomic E-state index is 10.1. The van der Waals surface area contributed by atoms with Crippen LogP contribution in [0.3, 0.4) is 0 Å². The summed E-state index contributed by atoms with van der Waals surface area (Å²) in [5.41, 5.74) is 0.647. The number of hydrogen-bond donors (Lipinski definition) is 1. The Morgan fingerprint density at radius 3 is 2.60 bits per heavy atom. The highest BCUT2D eigenvalue weighted by atomic mass is 16.1. The zero-order valence-corrected chi connectivity index (χ0v) is 6.10. The van der Waals surface area contributed by atoms with Crippen LogP contribution < -0.4 is 5.32 Å². The zero-order valence-electron chi connectivity index (χ0n) is 6.10. The van der Waals surface area contributed by atoms with Gasteiger partial charge in [-0.2, -0.15) is 0 Å². The maximum atomic E-state index is 10.1. The van der Waals surface area contributed by atoms with Crippen molar-refractivity contribution in [2.24, 2.45) is 11.3 Å². The van der Waals surface area contributed by atoms with Crippen LogP contribution in [0.25, 0.3) is 0 Å². The van der Waals surface area contributed by atoms with Crippen LogP contribution in [0.1, 0.15) is 19.3 Å². The Labute approximate surface area is 61.0 Å². The van der Waals surface area contributed by atoms with Crippen LogP contribution in [0.15, 0.2) is 0 Å². The van der Waals surface area contributed by atoms with Gasteiger partial charge in [0, 0.05) is 19.5 Å². The van der Waals surface area contributed by atoms with Gasteiger partial charge in [0.05, 0.1) is 0 Å². The fraction of sp³-hybridized carbons (Fsp3) is 0.875. The molecule has 0 aromatic rings. The summed E-state index contributed by atoms with van der Waals surface area (Å²) in [7, 11) is 0. The average Bonchev–Trinajstić information content (AvgIpc) is 1.72. The second-order valence-corrected chi connectivity index (χ2v) is 3.78. The highest BCUT2D eigenvalue weighted by Gasteiger charge is 2.47. The van der Waals surface area contributed by atoms with E-state index in [0.717, 1.165) is 18.6 Å². The number of hydrogen-bond acceptors (Lipinski definition) is 2. The molecule has 1 spiro atoms. The minimum atomic E-state index is 0.647. The normalized spacial score (nSPS) is 29.2. The minimum absolute atomic E-state index is 0.647. The van der Waals surface area contributed by atoms with E-state index >= 15 is 0 Å². The van der Waals surface area contributed by atoms with E-state index in [-0.39, 0.29) is 0 Å². The van der Waals surface area contributed by atoms with E-state index in [1.165, 1.54) is 25.9 Å². The molecule has 0 aromatic heterocycles. The molecule has 10 heavy (non-hydrogen) atoms. The summed E-state index contributed by atoms with van der Waals surface area (Å²) >= 11 is 0. The third-order valence-electron chi connectivity index (χ3n) is 2.87. The van der Waals surface area contributed by atoms with E-state index in [1.54, 1.807) is 0 Å².